The Kier molecular flexibility index (Phi) is 2.29. The quantitative estimate of drug-likeness (QED) is 0.850. The van der Waals surface area contributed by atoms with Crippen molar-refractivity contribution < 1.29 is 18.7 Å². The lowest BCUT2D eigenvalue weighted by Crippen LogP contribution is -2.18. The van der Waals surface area contributed by atoms with Crippen LogP contribution < -0.4 is 14.9 Å². The molecule has 1 aromatic heterocycles. The second-order valence-electron chi connectivity index (χ2n) is 4.51. The SMILES string of the molecule is O=C1Cc2cc3c(cc2C(c2ccco2)=NN1)OCO3. The molecular weight excluding hydrogens is 260 g/mol. The number of carbonyl (C=O) groups excluding carboxylic acids is 1. The third-order valence-corrected chi connectivity index (χ3v) is 3.25. The summed E-state index contributed by atoms with van der Waals surface area (Å²) in [5, 5.41) is 4.14. The van der Waals surface area contributed by atoms with Gasteiger partial charge in [-0.25, -0.2) is 5.43 Å². The van der Waals surface area contributed by atoms with Crippen molar-refractivity contribution in [3.8, 4) is 11.5 Å². The lowest BCUT2D eigenvalue weighted by atomic mass is 9.98. The van der Waals surface area contributed by atoms with Crippen molar-refractivity contribution in [2.75, 3.05) is 6.79 Å². The number of carbonyl (C=O) groups is 1. The summed E-state index contributed by atoms with van der Waals surface area (Å²) in [7, 11) is 0. The molecule has 0 aliphatic carbocycles. The van der Waals surface area contributed by atoms with Crippen molar-refractivity contribution in [2.45, 2.75) is 6.42 Å². The van der Waals surface area contributed by atoms with Crippen LogP contribution in [-0.2, 0) is 11.2 Å². The first-order chi connectivity index (χ1) is 9.81. The molecule has 1 N–H and O–H groups in total. The van der Waals surface area contributed by atoms with Gasteiger partial charge in [0.1, 0.15) is 5.71 Å². The largest absolute Gasteiger partial charge is 0.463 e. The van der Waals surface area contributed by atoms with E-state index in [1.165, 1.54) is 0 Å². The van der Waals surface area contributed by atoms with Gasteiger partial charge in [-0.3, -0.25) is 4.79 Å². The number of nitrogens with one attached hydrogen (secondary N) is 1. The molecule has 0 bridgehead atoms. The van der Waals surface area contributed by atoms with Crippen LogP contribution >= 0.6 is 0 Å². The maximum Gasteiger partial charge on any atom is 0.244 e. The Bertz CT molecular complexity index is 719. The maximum absolute atomic E-state index is 11.7. The van der Waals surface area contributed by atoms with E-state index in [0.717, 1.165) is 11.1 Å². The van der Waals surface area contributed by atoms with E-state index >= 15 is 0 Å². The summed E-state index contributed by atoms with van der Waals surface area (Å²) in [6.45, 7) is 0.192. The fraction of sp³-hybridized carbons (Fsp3) is 0.143. The molecule has 4 rings (SSSR count). The van der Waals surface area contributed by atoms with E-state index < -0.39 is 0 Å². The number of fused-ring (bicyclic) bond motifs is 2. The van der Waals surface area contributed by atoms with Gasteiger partial charge in [0.25, 0.3) is 0 Å². The summed E-state index contributed by atoms with van der Waals surface area (Å²) < 4.78 is 16.1. The minimum atomic E-state index is -0.174. The summed E-state index contributed by atoms with van der Waals surface area (Å²) in [5.74, 6) is 1.72. The minimum Gasteiger partial charge on any atom is -0.463 e. The lowest BCUT2D eigenvalue weighted by molar-refractivity contribution is -0.120. The van der Waals surface area contributed by atoms with E-state index in [9.17, 15) is 4.79 Å². The Balaban J connectivity index is 1.92. The number of benzene rings is 1. The minimum absolute atomic E-state index is 0.174. The third-order valence-electron chi connectivity index (χ3n) is 3.25. The second kappa shape index (κ2) is 4.12. The summed E-state index contributed by atoms with van der Waals surface area (Å²) in [6.07, 6.45) is 1.80. The second-order valence-corrected chi connectivity index (χ2v) is 4.51. The van der Waals surface area contributed by atoms with E-state index in [-0.39, 0.29) is 19.1 Å². The smallest absolute Gasteiger partial charge is 0.244 e. The Morgan fingerprint density at radius 3 is 2.85 bits per heavy atom. The number of hydrogen-bond donors (Lipinski definition) is 1. The molecule has 0 radical (unpaired) electrons. The van der Waals surface area contributed by atoms with E-state index in [2.05, 4.69) is 10.5 Å². The van der Waals surface area contributed by atoms with Crippen molar-refractivity contribution in [1.82, 2.24) is 5.43 Å². The number of ether oxygens (including phenoxy) is 2. The number of amides is 1. The van der Waals surface area contributed by atoms with E-state index in [1.807, 2.05) is 12.1 Å². The molecular formula is C14H10N2O4. The van der Waals surface area contributed by atoms with Crippen LogP contribution in [0.25, 0.3) is 0 Å². The van der Waals surface area contributed by atoms with Gasteiger partial charge in [-0.05, 0) is 29.8 Å². The zero-order chi connectivity index (χ0) is 13.5. The van der Waals surface area contributed by atoms with E-state index in [4.69, 9.17) is 13.9 Å². The van der Waals surface area contributed by atoms with Crippen LogP contribution in [0.5, 0.6) is 11.5 Å². The Morgan fingerprint density at radius 1 is 1.20 bits per heavy atom. The predicted octanol–water partition coefficient (Wildman–Crippen LogP) is 1.43. The van der Waals surface area contributed by atoms with Crippen LogP contribution in [0.1, 0.15) is 16.9 Å². The van der Waals surface area contributed by atoms with Gasteiger partial charge in [-0.1, -0.05) is 0 Å². The number of furan rings is 1. The van der Waals surface area contributed by atoms with Gasteiger partial charge in [0, 0.05) is 5.56 Å². The number of nitrogens with zero attached hydrogens (tertiary/aromatic N) is 1. The Morgan fingerprint density at radius 2 is 2.05 bits per heavy atom. The molecule has 6 heteroatoms. The van der Waals surface area contributed by atoms with Gasteiger partial charge >= 0.3 is 0 Å². The van der Waals surface area contributed by atoms with Crippen LogP contribution in [-0.4, -0.2) is 18.4 Å². The third kappa shape index (κ3) is 1.65. The molecule has 1 amide bonds. The fourth-order valence-electron chi connectivity index (χ4n) is 2.34. The van der Waals surface area contributed by atoms with Crippen LogP contribution in [0.3, 0.4) is 0 Å². The summed E-state index contributed by atoms with van der Waals surface area (Å²) in [6, 6.07) is 7.22. The highest BCUT2D eigenvalue weighted by Crippen LogP contribution is 2.36. The Hall–Kier alpha value is -2.76. The number of hydrogen-bond acceptors (Lipinski definition) is 5. The van der Waals surface area contributed by atoms with Gasteiger partial charge in [0.15, 0.2) is 17.3 Å². The molecule has 100 valence electrons. The van der Waals surface area contributed by atoms with Crippen LogP contribution in [0.4, 0.5) is 0 Å². The standard InChI is InChI=1S/C14H10N2O4/c17-13-5-8-4-11-12(20-7-19-11)6-9(8)14(16-15-13)10-2-1-3-18-10/h1-4,6H,5,7H2,(H,15,17). The molecule has 3 heterocycles. The van der Waals surface area contributed by atoms with Crippen LogP contribution in [0.15, 0.2) is 40.0 Å². The molecule has 2 aromatic rings. The van der Waals surface area contributed by atoms with Crippen LogP contribution in [0.2, 0.25) is 0 Å². The highest BCUT2D eigenvalue weighted by molar-refractivity contribution is 6.13. The molecule has 0 unspecified atom stereocenters. The molecule has 0 fully saturated rings. The molecule has 0 atom stereocenters. The van der Waals surface area contributed by atoms with Crippen LogP contribution in [0, 0.1) is 0 Å². The predicted molar refractivity (Wildman–Crippen MR) is 68.8 cm³/mol. The first kappa shape index (κ1) is 11.1. The van der Waals surface area contributed by atoms with Gasteiger partial charge in [0.05, 0.1) is 12.7 Å². The average molecular weight is 270 g/mol. The number of rotatable bonds is 1. The topological polar surface area (TPSA) is 73.1 Å². The van der Waals surface area contributed by atoms with Crippen molar-refractivity contribution in [3.05, 3.63) is 47.4 Å². The molecule has 0 saturated heterocycles. The summed E-state index contributed by atoms with van der Waals surface area (Å²) in [4.78, 5) is 11.7. The first-order valence-corrected chi connectivity index (χ1v) is 6.14. The monoisotopic (exact) mass is 270 g/mol. The molecule has 20 heavy (non-hydrogen) atoms. The highest BCUT2D eigenvalue weighted by Gasteiger charge is 2.25. The van der Waals surface area contributed by atoms with Crippen molar-refractivity contribution in [1.29, 1.82) is 0 Å². The number of hydrazone groups is 1. The molecule has 2 aliphatic heterocycles. The van der Waals surface area contributed by atoms with Gasteiger partial charge < -0.3 is 13.9 Å². The highest BCUT2D eigenvalue weighted by atomic mass is 16.7. The first-order valence-electron chi connectivity index (χ1n) is 6.14. The summed E-state index contributed by atoms with van der Waals surface area (Å²) in [5.41, 5.74) is 4.73. The molecule has 1 aromatic carbocycles. The van der Waals surface area contributed by atoms with E-state index in [1.54, 1.807) is 18.4 Å². The maximum atomic E-state index is 11.7. The van der Waals surface area contributed by atoms with Crippen molar-refractivity contribution in [3.63, 3.8) is 0 Å². The zero-order valence-electron chi connectivity index (χ0n) is 10.4. The van der Waals surface area contributed by atoms with Crippen molar-refractivity contribution >= 4 is 11.6 Å². The lowest BCUT2D eigenvalue weighted by Gasteiger charge is -2.07. The molecule has 0 spiro atoms. The average Bonchev–Trinajstić information content (AvgIpc) is 3.07. The summed E-state index contributed by atoms with van der Waals surface area (Å²) >= 11 is 0. The normalized spacial score (nSPS) is 16.2. The molecule has 2 aliphatic rings. The van der Waals surface area contributed by atoms with E-state index in [0.29, 0.717) is 23.0 Å². The fourth-order valence-corrected chi connectivity index (χ4v) is 2.34. The molecule has 6 nitrogen and oxygen atoms in total. The zero-order valence-corrected chi connectivity index (χ0v) is 10.4. The Labute approximate surface area is 114 Å². The van der Waals surface area contributed by atoms with Gasteiger partial charge in [0.2, 0.25) is 12.7 Å². The van der Waals surface area contributed by atoms with Gasteiger partial charge in [-0.15, -0.1) is 0 Å². The van der Waals surface area contributed by atoms with Crippen molar-refractivity contribution in [2.24, 2.45) is 5.10 Å². The molecule has 0 saturated carbocycles. The van der Waals surface area contributed by atoms with Gasteiger partial charge in [-0.2, -0.15) is 5.10 Å².